The minimum absolute atomic E-state index is 0.153. The van der Waals surface area contributed by atoms with Gasteiger partial charge in [0.05, 0.1) is 22.7 Å². The van der Waals surface area contributed by atoms with Crippen LogP contribution in [-0.2, 0) is 27.5 Å². The lowest BCUT2D eigenvalue weighted by molar-refractivity contribution is -0.137. The number of nitrogens with one attached hydrogen (secondary N) is 1. The zero-order chi connectivity index (χ0) is 25.1. The second-order valence-corrected chi connectivity index (χ2v) is 10.3. The minimum Gasteiger partial charge on any atom is -0.324 e. The Bertz CT molecular complexity index is 1300. The predicted octanol–water partition coefficient (Wildman–Crippen LogP) is 6.50. The highest BCUT2D eigenvalue weighted by Crippen LogP contribution is 2.36. The van der Waals surface area contributed by atoms with Crippen molar-refractivity contribution in [3.8, 4) is 0 Å². The topological polar surface area (TPSA) is 66.5 Å². The van der Waals surface area contributed by atoms with E-state index in [1.54, 1.807) is 24.3 Å². The fourth-order valence-electron chi connectivity index (χ4n) is 3.01. The van der Waals surface area contributed by atoms with Crippen LogP contribution in [0.1, 0.15) is 11.1 Å². The van der Waals surface area contributed by atoms with Crippen LogP contribution in [0.2, 0.25) is 15.1 Å². The van der Waals surface area contributed by atoms with Gasteiger partial charge in [-0.3, -0.25) is 4.79 Å². The molecule has 0 spiro atoms. The van der Waals surface area contributed by atoms with Crippen molar-refractivity contribution >= 4 is 56.4 Å². The van der Waals surface area contributed by atoms with Crippen LogP contribution in [0.3, 0.4) is 0 Å². The number of anilines is 1. The average molecular weight is 552 g/mol. The number of hydrogen-bond acceptors (Lipinski definition) is 3. The Morgan fingerprint density at radius 3 is 2.15 bits per heavy atom. The summed E-state index contributed by atoms with van der Waals surface area (Å²) in [5.41, 5.74) is -1.31. The summed E-state index contributed by atoms with van der Waals surface area (Å²) in [7, 11) is -4.25. The molecule has 0 bridgehead atoms. The molecule has 0 saturated heterocycles. The van der Waals surface area contributed by atoms with Crippen LogP contribution < -0.4 is 5.32 Å². The van der Waals surface area contributed by atoms with E-state index >= 15 is 0 Å². The fourth-order valence-corrected chi connectivity index (χ4v) is 4.88. The second kappa shape index (κ2) is 10.5. The van der Waals surface area contributed by atoms with Gasteiger partial charge < -0.3 is 5.32 Å². The van der Waals surface area contributed by atoms with Crippen molar-refractivity contribution in [2.45, 2.75) is 17.6 Å². The van der Waals surface area contributed by atoms with Gasteiger partial charge in [-0.1, -0.05) is 53.0 Å². The maximum absolute atomic E-state index is 13.4. The highest BCUT2D eigenvalue weighted by Gasteiger charge is 2.35. The third-order valence-electron chi connectivity index (χ3n) is 4.64. The Labute approximate surface area is 209 Å². The van der Waals surface area contributed by atoms with E-state index in [2.05, 4.69) is 5.32 Å². The molecule has 0 unspecified atom stereocenters. The third-order valence-corrected chi connectivity index (χ3v) is 7.30. The van der Waals surface area contributed by atoms with Crippen molar-refractivity contribution in [1.29, 1.82) is 0 Å². The van der Waals surface area contributed by atoms with Crippen LogP contribution in [0.15, 0.2) is 71.6 Å². The summed E-state index contributed by atoms with van der Waals surface area (Å²) >= 11 is 17.7. The van der Waals surface area contributed by atoms with Crippen molar-refractivity contribution < 1.29 is 26.4 Å². The first-order valence-electron chi connectivity index (χ1n) is 9.53. The van der Waals surface area contributed by atoms with Crippen molar-refractivity contribution in [3.05, 3.63) is 92.9 Å². The molecule has 0 radical (unpaired) electrons. The van der Waals surface area contributed by atoms with Gasteiger partial charge >= 0.3 is 6.18 Å². The summed E-state index contributed by atoms with van der Waals surface area (Å²) in [6, 6.07) is 14.5. The summed E-state index contributed by atoms with van der Waals surface area (Å²) in [4.78, 5) is 12.6. The van der Waals surface area contributed by atoms with Crippen molar-refractivity contribution in [2.24, 2.45) is 0 Å². The maximum atomic E-state index is 13.4. The normalized spacial score (nSPS) is 12.1. The summed E-state index contributed by atoms with van der Waals surface area (Å²) in [6.07, 6.45) is -4.79. The number of rotatable bonds is 7. The number of halogens is 6. The Morgan fingerprint density at radius 2 is 1.53 bits per heavy atom. The molecule has 0 heterocycles. The van der Waals surface area contributed by atoms with Crippen molar-refractivity contribution in [1.82, 2.24) is 4.31 Å². The van der Waals surface area contributed by atoms with E-state index in [0.717, 1.165) is 10.4 Å². The van der Waals surface area contributed by atoms with Gasteiger partial charge in [-0.15, -0.1) is 0 Å². The maximum Gasteiger partial charge on any atom is 0.418 e. The van der Waals surface area contributed by atoms with Crippen molar-refractivity contribution in [2.75, 3.05) is 11.9 Å². The molecule has 0 saturated carbocycles. The summed E-state index contributed by atoms with van der Waals surface area (Å²) in [6.45, 7) is -1.08. The molecule has 0 atom stereocenters. The van der Waals surface area contributed by atoms with Crippen LogP contribution in [0.25, 0.3) is 0 Å². The fraction of sp³-hybridized carbons (Fsp3) is 0.136. The van der Waals surface area contributed by atoms with Gasteiger partial charge in [0.25, 0.3) is 0 Å². The first-order chi connectivity index (χ1) is 15.9. The molecule has 0 aliphatic heterocycles. The molecule has 1 N–H and O–H groups in total. The molecule has 3 aromatic rings. The Hall–Kier alpha value is -2.30. The minimum atomic E-state index is -4.79. The highest BCUT2D eigenvalue weighted by molar-refractivity contribution is 7.89. The van der Waals surface area contributed by atoms with E-state index in [1.165, 1.54) is 30.3 Å². The molecule has 3 rings (SSSR count). The van der Waals surface area contributed by atoms with Gasteiger partial charge in [0.2, 0.25) is 15.9 Å². The standard InChI is InChI=1S/C22H16Cl3F3N2O3S/c23-15-5-8-17(9-6-15)34(32,33)30(12-14-3-1-2-4-19(14)25)13-21(31)29-20-10-7-16(24)11-18(20)22(26,27)28/h1-11H,12-13H2,(H,29,31). The number of carbonyl (C=O) groups excluding carboxylic acids is 1. The van der Waals surface area contributed by atoms with Crippen molar-refractivity contribution in [3.63, 3.8) is 0 Å². The van der Waals surface area contributed by atoms with Gasteiger partial charge in [-0.05, 0) is 54.1 Å². The molecule has 34 heavy (non-hydrogen) atoms. The van der Waals surface area contributed by atoms with Crippen LogP contribution in [0.5, 0.6) is 0 Å². The molecule has 0 aliphatic carbocycles. The van der Waals surface area contributed by atoms with E-state index in [1.807, 2.05) is 0 Å². The number of hydrogen-bond donors (Lipinski definition) is 1. The van der Waals surface area contributed by atoms with E-state index in [-0.39, 0.29) is 21.5 Å². The highest BCUT2D eigenvalue weighted by atomic mass is 35.5. The number of nitrogens with zero attached hydrogens (tertiary/aromatic N) is 1. The van der Waals surface area contributed by atoms with E-state index in [4.69, 9.17) is 34.8 Å². The SMILES string of the molecule is O=C(CN(Cc1ccccc1Cl)S(=O)(=O)c1ccc(Cl)cc1)Nc1ccc(Cl)cc1C(F)(F)F. The van der Waals surface area contributed by atoms with E-state index in [9.17, 15) is 26.4 Å². The lowest BCUT2D eigenvalue weighted by atomic mass is 10.1. The first kappa shape index (κ1) is 26.3. The molecule has 5 nitrogen and oxygen atoms in total. The second-order valence-electron chi connectivity index (χ2n) is 7.05. The summed E-state index contributed by atoms with van der Waals surface area (Å²) in [5, 5.41) is 2.52. The number of amides is 1. The van der Waals surface area contributed by atoms with Gasteiger partial charge in [0, 0.05) is 21.6 Å². The van der Waals surface area contributed by atoms with Gasteiger partial charge in [0.15, 0.2) is 0 Å². The molecule has 1 amide bonds. The average Bonchev–Trinajstić information content (AvgIpc) is 2.75. The largest absolute Gasteiger partial charge is 0.418 e. The van der Waals surface area contributed by atoms with Crippen LogP contribution in [-0.4, -0.2) is 25.2 Å². The monoisotopic (exact) mass is 550 g/mol. The Balaban J connectivity index is 1.94. The first-order valence-corrected chi connectivity index (χ1v) is 12.1. The van der Waals surface area contributed by atoms with Gasteiger partial charge in [-0.2, -0.15) is 17.5 Å². The zero-order valence-corrected chi connectivity index (χ0v) is 20.2. The third kappa shape index (κ3) is 6.43. The molecular formula is C22H16Cl3F3N2O3S. The van der Waals surface area contributed by atoms with E-state index in [0.29, 0.717) is 16.7 Å². The van der Waals surface area contributed by atoms with E-state index < -0.39 is 39.9 Å². The number of alkyl halides is 3. The van der Waals surface area contributed by atoms with Gasteiger partial charge in [0.1, 0.15) is 0 Å². The van der Waals surface area contributed by atoms with Crippen LogP contribution >= 0.6 is 34.8 Å². The molecule has 3 aromatic carbocycles. The molecule has 0 aromatic heterocycles. The predicted molar refractivity (Wildman–Crippen MR) is 126 cm³/mol. The molecule has 180 valence electrons. The zero-order valence-electron chi connectivity index (χ0n) is 17.1. The quantitative estimate of drug-likeness (QED) is 0.365. The van der Waals surface area contributed by atoms with Crippen LogP contribution in [0.4, 0.5) is 18.9 Å². The number of sulfonamides is 1. The lowest BCUT2D eigenvalue weighted by Gasteiger charge is -2.23. The molecule has 12 heteroatoms. The van der Waals surface area contributed by atoms with Crippen LogP contribution in [0, 0.1) is 0 Å². The Kier molecular flexibility index (Phi) is 8.15. The smallest absolute Gasteiger partial charge is 0.324 e. The molecule has 0 aliphatic rings. The summed E-state index contributed by atoms with van der Waals surface area (Å²) in [5.74, 6) is -0.989. The Morgan fingerprint density at radius 1 is 0.912 bits per heavy atom. The molecular weight excluding hydrogens is 536 g/mol. The summed E-state index contributed by atoms with van der Waals surface area (Å²) < 4.78 is 67.5. The molecule has 0 fully saturated rings. The lowest BCUT2D eigenvalue weighted by Crippen LogP contribution is -2.38. The number of carbonyl (C=O) groups is 1. The van der Waals surface area contributed by atoms with Gasteiger partial charge in [-0.25, -0.2) is 8.42 Å². The number of benzene rings is 3.